The van der Waals surface area contributed by atoms with E-state index in [9.17, 15) is 18.0 Å². The number of esters is 1. The number of sulfonamides is 1. The summed E-state index contributed by atoms with van der Waals surface area (Å²) in [6.07, 6.45) is 0. The number of amides is 1. The molecule has 0 radical (unpaired) electrons. The summed E-state index contributed by atoms with van der Waals surface area (Å²) in [6, 6.07) is 20.4. The molecule has 0 bridgehead atoms. The molecule has 0 aliphatic heterocycles. The van der Waals surface area contributed by atoms with Crippen molar-refractivity contribution in [3.05, 3.63) is 78.4 Å². The lowest BCUT2D eigenvalue weighted by atomic mass is 10.0. The number of methoxy groups -OCH3 is 1. The molecule has 0 unspecified atom stereocenters. The Balaban J connectivity index is 1.71. The predicted octanol–water partition coefficient (Wildman–Crippen LogP) is 3.84. The number of para-hydroxylation sites is 1. The number of ether oxygens (including phenoxy) is 2. The number of rotatable bonds is 9. The highest BCUT2D eigenvalue weighted by atomic mass is 32.2. The monoisotopic (exact) mass is 482 g/mol. The maximum atomic E-state index is 12.6. The van der Waals surface area contributed by atoms with E-state index in [-0.39, 0.29) is 22.3 Å². The maximum absolute atomic E-state index is 12.6. The van der Waals surface area contributed by atoms with Crippen molar-refractivity contribution in [3.63, 3.8) is 0 Å². The molecule has 0 aromatic heterocycles. The molecule has 8 nitrogen and oxygen atoms in total. The second kappa shape index (κ2) is 11.0. The zero-order chi connectivity index (χ0) is 24.7. The van der Waals surface area contributed by atoms with Crippen LogP contribution in [0.2, 0.25) is 0 Å². The van der Waals surface area contributed by atoms with Crippen molar-refractivity contribution in [3.8, 4) is 16.9 Å². The summed E-state index contributed by atoms with van der Waals surface area (Å²) >= 11 is 0. The molecule has 0 fully saturated rings. The highest BCUT2D eigenvalue weighted by Gasteiger charge is 2.23. The summed E-state index contributed by atoms with van der Waals surface area (Å²) in [5.74, 6) is -1.28. The van der Waals surface area contributed by atoms with E-state index in [0.29, 0.717) is 5.69 Å². The van der Waals surface area contributed by atoms with Crippen LogP contribution in [0.5, 0.6) is 5.75 Å². The number of hydrogen-bond acceptors (Lipinski definition) is 6. The molecule has 0 heterocycles. The predicted molar refractivity (Wildman–Crippen MR) is 129 cm³/mol. The fraction of sp³-hybridized carbons (Fsp3) is 0.200. The summed E-state index contributed by atoms with van der Waals surface area (Å²) < 4.78 is 37.9. The molecule has 0 saturated heterocycles. The van der Waals surface area contributed by atoms with Gasteiger partial charge >= 0.3 is 5.97 Å². The Kier molecular flexibility index (Phi) is 8.04. The quantitative estimate of drug-likeness (QED) is 0.448. The number of carbonyl (C=O) groups is 2. The summed E-state index contributed by atoms with van der Waals surface area (Å²) in [5, 5.41) is 2.75. The normalized spacial score (nSPS) is 11.2. The van der Waals surface area contributed by atoms with Crippen LogP contribution in [0.1, 0.15) is 24.2 Å². The average molecular weight is 483 g/mol. The highest BCUT2D eigenvalue weighted by Crippen LogP contribution is 2.28. The van der Waals surface area contributed by atoms with Gasteiger partial charge in [-0.1, -0.05) is 48.5 Å². The van der Waals surface area contributed by atoms with Crippen molar-refractivity contribution in [1.29, 1.82) is 0 Å². The van der Waals surface area contributed by atoms with Crippen LogP contribution in [-0.4, -0.2) is 40.1 Å². The van der Waals surface area contributed by atoms with Crippen molar-refractivity contribution in [2.75, 3.05) is 19.0 Å². The van der Waals surface area contributed by atoms with Crippen molar-refractivity contribution in [1.82, 2.24) is 4.72 Å². The number of nitrogens with one attached hydrogen (secondary N) is 2. The second-order valence-electron chi connectivity index (χ2n) is 7.68. The smallest absolute Gasteiger partial charge is 0.338 e. The van der Waals surface area contributed by atoms with Gasteiger partial charge < -0.3 is 14.8 Å². The van der Waals surface area contributed by atoms with E-state index in [1.165, 1.54) is 19.2 Å². The minimum Gasteiger partial charge on any atom is -0.495 e. The zero-order valence-electron chi connectivity index (χ0n) is 19.1. The van der Waals surface area contributed by atoms with E-state index in [1.54, 1.807) is 26.0 Å². The van der Waals surface area contributed by atoms with E-state index < -0.39 is 28.5 Å². The first-order valence-electron chi connectivity index (χ1n) is 10.5. The van der Waals surface area contributed by atoms with Crippen LogP contribution in [0.3, 0.4) is 0 Å². The van der Waals surface area contributed by atoms with Gasteiger partial charge in [-0.25, -0.2) is 17.9 Å². The SMILES string of the molecule is COc1ccc(C(=O)OCC(=O)Nc2ccccc2-c2ccccc2)cc1S(=O)(=O)NC(C)C. The first kappa shape index (κ1) is 24.9. The van der Waals surface area contributed by atoms with Crippen LogP contribution < -0.4 is 14.8 Å². The Hall–Kier alpha value is -3.69. The molecule has 0 atom stereocenters. The molecule has 1 amide bonds. The maximum Gasteiger partial charge on any atom is 0.338 e. The van der Waals surface area contributed by atoms with Gasteiger partial charge in [-0.2, -0.15) is 0 Å². The van der Waals surface area contributed by atoms with Gasteiger partial charge in [-0.15, -0.1) is 0 Å². The van der Waals surface area contributed by atoms with Crippen LogP contribution in [0.4, 0.5) is 5.69 Å². The summed E-state index contributed by atoms with van der Waals surface area (Å²) in [6.45, 7) is 2.81. The lowest BCUT2D eigenvalue weighted by molar-refractivity contribution is -0.119. The molecule has 34 heavy (non-hydrogen) atoms. The number of hydrogen-bond donors (Lipinski definition) is 2. The molecule has 2 N–H and O–H groups in total. The fourth-order valence-corrected chi connectivity index (χ4v) is 4.70. The van der Waals surface area contributed by atoms with Gasteiger partial charge in [0.2, 0.25) is 10.0 Å². The van der Waals surface area contributed by atoms with Crippen LogP contribution in [-0.2, 0) is 19.6 Å². The van der Waals surface area contributed by atoms with Crippen molar-refractivity contribution in [2.24, 2.45) is 0 Å². The minimum absolute atomic E-state index is 0.0255. The van der Waals surface area contributed by atoms with Gasteiger partial charge in [0.1, 0.15) is 10.6 Å². The largest absolute Gasteiger partial charge is 0.495 e. The minimum atomic E-state index is -3.92. The number of carbonyl (C=O) groups excluding carboxylic acids is 2. The zero-order valence-corrected chi connectivity index (χ0v) is 19.9. The van der Waals surface area contributed by atoms with Gasteiger partial charge in [0.05, 0.1) is 12.7 Å². The van der Waals surface area contributed by atoms with Gasteiger partial charge in [0, 0.05) is 17.3 Å². The van der Waals surface area contributed by atoms with Crippen molar-refractivity contribution in [2.45, 2.75) is 24.8 Å². The molecule has 9 heteroatoms. The highest BCUT2D eigenvalue weighted by molar-refractivity contribution is 7.89. The number of benzene rings is 3. The van der Waals surface area contributed by atoms with Crippen LogP contribution >= 0.6 is 0 Å². The Morgan fingerprint density at radius 3 is 2.29 bits per heavy atom. The summed E-state index contributed by atoms with van der Waals surface area (Å²) in [7, 11) is -2.59. The third-order valence-corrected chi connectivity index (χ3v) is 6.38. The van der Waals surface area contributed by atoms with Crippen LogP contribution in [0.25, 0.3) is 11.1 Å². The topological polar surface area (TPSA) is 111 Å². The lowest BCUT2D eigenvalue weighted by Crippen LogP contribution is -2.30. The first-order valence-corrected chi connectivity index (χ1v) is 12.0. The van der Waals surface area contributed by atoms with E-state index in [2.05, 4.69) is 10.0 Å². The lowest BCUT2D eigenvalue weighted by Gasteiger charge is -2.14. The van der Waals surface area contributed by atoms with Crippen LogP contribution in [0.15, 0.2) is 77.7 Å². The summed E-state index contributed by atoms with van der Waals surface area (Å²) in [4.78, 5) is 24.8. The Morgan fingerprint density at radius 2 is 1.62 bits per heavy atom. The Bertz CT molecular complexity index is 1270. The van der Waals surface area contributed by atoms with Crippen molar-refractivity contribution < 1.29 is 27.5 Å². The molecule has 3 aromatic rings. The molecular formula is C25H26N2O6S. The average Bonchev–Trinajstić information content (AvgIpc) is 2.82. The van der Waals surface area contributed by atoms with E-state index in [4.69, 9.17) is 9.47 Å². The molecule has 0 aliphatic carbocycles. The third kappa shape index (κ3) is 6.21. The first-order chi connectivity index (χ1) is 16.2. The van der Waals surface area contributed by atoms with Crippen LogP contribution in [0, 0.1) is 0 Å². The third-order valence-electron chi connectivity index (χ3n) is 4.70. The van der Waals surface area contributed by atoms with E-state index >= 15 is 0 Å². The molecule has 3 aromatic carbocycles. The van der Waals surface area contributed by atoms with Gasteiger partial charge in [-0.05, 0) is 43.7 Å². The van der Waals surface area contributed by atoms with Gasteiger partial charge in [0.15, 0.2) is 6.61 Å². The van der Waals surface area contributed by atoms with E-state index in [1.807, 2.05) is 42.5 Å². The Morgan fingerprint density at radius 1 is 0.941 bits per heavy atom. The molecular weight excluding hydrogens is 456 g/mol. The molecule has 0 saturated carbocycles. The molecule has 0 aliphatic rings. The molecule has 0 spiro atoms. The number of anilines is 1. The van der Waals surface area contributed by atoms with Gasteiger partial charge in [0.25, 0.3) is 5.91 Å². The summed E-state index contributed by atoms with van der Waals surface area (Å²) in [5.41, 5.74) is 2.30. The standard InChI is InChI=1S/C25H26N2O6S/c1-17(2)27-34(30,31)23-15-19(13-14-22(23)32-3)25(29)33-16-24(28)26-21-12-8-7-11-20(21)18-9-5-4-6-10-18/h4-15,17,27H,16H2,1-3H3,(H,26,28). The molecule has 178 valence electrons. The fourth-order valence-electron chi connectivity index (χ4n) is 3.25. The Labute approximate surface area is 199 Å². The van der Waals surface area contributed by atoms with Crippen molar-refractivity contribution >= 4 is 27.6 Å². The second-order valence-corrected chi connectivity index (χ2v) is 9.36. The molecule has 3 rings (SSSR count). The van der Waals surface area contributed by atoms with Gasteiger partial charge in [-0.3, -0.25) is 4.79 Å². The van der Waals surface area contributed by atoms with E-state index in [0.717, 1.165) is 17.2 Å².